The summed E-state index contributed by atoms with van der Waals surface area (Å²) in [7, 11) is 1.93. The van der Waals surface area contributed by atoms with Crippen molar-refractivity contribution in [3.8, 4) is 0 Å². The molecule has 0 amide bonds. The molecule has 3 heteroatoms. The smallest absolute Gasteiger partial charge is 0.0639 e. The van der Waals surface area contributed by atoms with Crippen LogP contribution in [0.5, 0.6) is 0 Å². The minimum Gasteiger partial charge on any atom is -0.392 e. The Morgan fingerprint density at radius 2 is 2.30 bits per heavy atom. The van der Waals surface area contributed by atoms with E-state index < -0.39 is 0 Å². The first-order valence-electron chi connectivity index (χ1n) is 3.28. The number of hydrogen-bond acceptors (Lipinski definition) is 2. The molecule has 0 aromatic carbocycles. The number of rotatable bonds is 4. The third kappa shape index (κ3) is 6.08. The highest BCUT2D eigenvalue weighted by atomic mass is 35.5. The highest BCUT2D eigenvalue weighted by Gasteiger charge is 1.98. The van der Waals surface area contributed by atoms with Crippen molar-refractivity contribution in [3.05, 3.63) is 11.6 Å². The molecule has 0 spiro atoms. The zero-order valence-corrected chi connectivity index (χ0v) is 7.17. The van der Waals surface area contributed by atoms with Crippen LogP contribution in [0.1, 0.15) is 6.92 Å². The maximum Gasteiger partial charge on any atom is 0.0639 e. The maximum atomic E-state index is 8.92. The second-order valence-electron chi connectivity index (χ2n) is 2.43. The van der Waals surface area contributed by atoms with Crippen LogP contribution < -0.4 is 0 Å². The average Bonchev–Trinajstić information content (AvgIpc) is 1.82. The van der Waals surface area contributed by atoms with Crippen molar-refractivity contribution in [2.45, 2.75) is 13.0 Å². The zero-order valence-electron chi connectivity index (χ0n) is 6.42. The van der Waals surface area contributed by atoms with Crippen LogP contribution in [-0.2, 0) is 0 Å². The molecule has 10 heavy (non-hydrogen) atoms. The number of nitrogens with zero attached hydrogens (tertiary/aromatic N) is 1. The van der Waals surface area contributed by atoms with Crippen LogP contribution in [0.2, 0.25) is 0 Å². The van der Waals surface area contributed by atoms with E-state index in [1.807, 2.05) is 18.0 Å². The lowest BCUT2D eigenvalue weighted by atomic mass is 10.4. The van der Waals surface area contributed by atoms with Gasteiger partial charge >= 0.3 is 0 Å². The zero-order chi connectivity index (χ0) is 7.98. The van der Waals surface area contributed by atoms with Crippen molar-refractivity contribution in [2.75, 3.05) is 20.1 Å². The van der Waals surface area contributed by atoms with Gasteiger partial charge < -0.3 is 10.0 Å². The molecule has 0 aliphatic rings. The SMILES string of the molecule is C[C@H](O)CN(C)C/C=C/Cl. The number of likely N-dealkylation sites (N-methyl/N-ethyl adjacent to an activating group) is 1. The summed E-state index contributed by atoms with van der Waals surface area (Å²) in [6, 6.07) is 0. The highest BCUT2D eigenvalue weighted by molar-refractivity contribution is 6.25. The Kier molecular flexibility index (Phi) is 5.69. The molecule has 60 valence electrons. The van der Waals surface area contributed by atoms with Gasteiger partial charge in [0, 0.05) is 18.6 Å². The van der Waals surface area contributed by atoms with Gasteiger partial charge in [0.15, 0.2) is 0 Å². The summed E-state index contributed by atoms with van der Waals surface area (Å²) in [5.41, 5.74) is 1.48. The molecule has 2 nitrogen and oxygen atoms in total. The van der Waals surface area contributed by atoms with Crippen molar-refractivity contribution in [1.29, 1.82) is 0 Å². The van der Waals surface area contributed by atoms with Gasteiger partial charge in [0.25, 0.3) is 0 Å². The summed E-state index contributed by atoms with van der Waals surface area (Å²) in [5.74, 6) is 0. The predicted octanol–water partition coefficient (Wildman–Crippen LogP) is 1.05. The van der Waals surface area contributed by atoms with Crippen LogP contribution in [0.3, 0.4) is 0 Å². The normalized spacial score (nSPS) is 14.9. The van der Waals surface area contributed by atoms with E-state index >= 15 is 0 Å². The second-order valence-corrected chi connectivity index (χ2v) is 2.68. The van der Waals surface area contributed by atoms with E-state index in [1.165, 1.54) is 5.54 Å². The first kappa shape index (κ1) is 9.95. The first-order valence-corrected chi connectivity index (χ1v) is 3.72. The van der Waals surface area contributed by atoms with Gasteiger partial charge in [-0.15, -0.1) is 0 Å². The summed E-state index contributed by atoms with van der Waals surface area (Å²) in [6.45, 7) is 3.23. The summed E-state index contributed by atoms with van der Waals surface area (Å²) in [4.78, 5) is 1.99. The monoisotopic (exact) mass is 163 g/mol. The summed E-state index contributed by atoms with van der Waals surface area (Å²) < 4.78 is 0. The maximum absolute atomic E-state index is 8.92. The minimum absolute atomic E-state index is 0.270. The molecule has 0 radical (unpaired) electrons. The van der Waals surface area contributed by atoms with E-state index in [9.17, 15) is 0 Å². The Balaban J connectivity index is 3.33. The van der Waals surface area contributed by atoms with Crippen molar-refractivity contribution >= 4 is 11.6 Å². The largest absolute Gasteiger partial charge is 0.392 e. The standard InChI is InChI=1S/C7H14ClNO/c1-7(10)6-9(2)5-3-4-8/h3-4,7,10H,5-6H2,1-2H3/b4-3+/t7-/m0/s1. The van der Waals surface area contributed by atoms with Crippen LogP contribution in [0, 0.1) is 0 Å². The second kappa shape index (κ2) is 5.71. The Labute approximate surface area is 67.1 Å². The van der Waals surface area contributed by atoms with Gasteiger partial charge in [-0.25, -0.2) is 0 Å². The van der Waals surface area contributed by atoms with Gasteiger partial charge in [0.05, 0.1) is 6.10 Å². The Bertz CT molecular complexity index is 104. The van der Waals surface area contributed by atoms with Gasteiger partial charge in [-0.3, -0.25) is 0 Å². The summed E-state index contributed by atoms with van der Waals surface area (Å²) in [5, 5.41) is 8.92. The lowest BCUT2D eigenvalue weighted by Gasteiger charge is -2.15. The fourth-order valence-corrected chi connectivity index (χ4v) is 0.825. The Hall–Kier alpha value is -0.0500. The molecule has 0 unspecified atom stereocenters. The number of aliphatic hydroxyl groups excluding tert-OH is 1. The lowest BCUT2D eigenvalue weighted by Crippen LogP contribution is -2.27. The van der Waals surface area contributed by atoms with Crippen LogP contribution in [-0.4, -0.2) is 36.2 Å². The lowest BCUT2D eigenvalue weighted by molar-refractivity contribution is 0.147. The van der Waals surface area contributed by atoms with Gasteiger partial charge in [-0.2, -0.15) is 0 Å². The third-order valence-corrected chi connectivity index (χ3v) is 1.26. The molecule has 1 N–H and O–H groups in total. The summed E-state index contributed by atoms with van der Waals surface area (Å²) >= 11 is 5.31. The van der Waals surface area contributed by atoms with Gasteiger partial charge in [-0.05, 0) is 14.0 Å². The molecule has 0 bridgehead atoms. The molecule has 0 saturated heterocycles. The molecule has 0 aromatic heterocycles. The van der Waals surface area contributed by atoms with E-state index in [2.05, 4.69) is 0 Å². The molecule has 0 aliphatic carbocycles. The Morgan fingerprint density at radius 1 is 1.70 bits per heavy atom. The molecule has 0 fully saturated rings. The van der Waals surface area contributed by atoms with Gasteiger partial charge in [-0.1, -0.05) is 17.7 Å². The van der Waals surface area contributed by atoms with Crippen LogP contribution in [0.15, 0.2) is 11.6 Å². The molecule has 1 atom stereocenters. The average molecular weight is 164 g/mol. The first-order chi connectivity index (χ1) is 4.66. The van der Waals surface area contributed by atoms with Crippen molar-refractivity contribution < 1.29 is 5.11 Å². The van der Waals surface area contributed by atoms with Crippen LogP contribution in [0.4, 0.5) is 0 Å². The minimum atomic E-state index is -0.270. The van der Waals surface area contributed by atoms with E-state index in [0.29, 0.717) is 6.54 Å². The third-order valence-electron chi connectivity index (χ3n) is 1.08. The van der Waals surface area contributed by atoms with E-state index in [-0.39, 0.29) is 6.10 Å². The molecule has 0 rings (SSSR count). The Morgan fingerprint density at radius 3 is 2.70 bits per heavy atom. The topological polar surface area (TPSA) is 23.5 Å². The van der Waals surface area contributed by atoms with Crippen molar-refractivity contribution in [2.24, 2.45) is 0 Å². The molecule has 0 aliphatic heterocycles. The molecule has 0 saturated carbocycles. The summed E-state index contributed by atoms with van der Waals surface area (Å²) in [6.07, 6.45) is 1.57. The van der Waals surface area contributed by atoms with E-state index in [0.717, 1.165) is 6.54 Å². The molecular formula is C7H14ClNO. The van der Waals surface area contributed by atoms with Crippen molar-refractivity contribution in [1.82, 2.24) is 4.90 Å². The van der Waals surface area contributed by atoms with Gasteiger partial charge in [0.2, 0.25) is 0 Å². The number of halogens is 1. The fourth-order valence-electron chi connectivity index (χ4n) is 0.745. The number of aliphatic hydroxyl groups is 1. The van der Waals surface area contributed by atoms with Crippen LogP contribution >= 0.6 is 11.6 Å². The van der Waals surface area contributed by atoms with Gasteiger partial charge in [0.1, 0.15) is 0 Å². The molecule has 0 heterocycles. The predicted molar refractivity (Wildman–Crippen MR) is 44.2 cm³/mol. The van der Waals surface area contributed by atoms with E-state index in [1.54, 1.807) is 6.92 Å². The molecular weight excluding hydrogens is 150 g/mol. The van der Waals surface area contributed by atoms with Crippen LogP contribution in [0.25, 0.3) is 0 Å². The van der Waals surface area contributed by atoms with E-state index in [4.69, 9.17) is 16.7 Å². The molecule has 0 aromatic rings. The fraction of sp³-hybridized carbons (Fsp3) is 0.714. The quantitative estimate of drug-likeness (QED) is 0.670. The van der Waals surface area contributed by atoms with Crippen molar-refractivity contribution in [3.63, 3.8) is 0 Å². The highest BCUT2D eigenvalue weighted by Crippen LogP contribution is 1.88. The number of hydrogen-bond donors (Lipinski definition) is 1.